The smallest absolute Gasteiger partial charge is 0.177 e. The zero-order valence-electron chi connectivity index (χ0n) is 11.3. The molecular formula is C16H10Cl2O3S. The van der Waals surface area contributed by atoms with Crippen LogP contribution in [0.5, 0.6) is 11.5 Å². The van der Waals surface area contributed by atoms with E-state index >= 15 is 0 Å². The minimum absolute atomic E-state index is 0.0602. The molecule has 3 nitrogen and oxygen atoms in total. The van der Waals surface area contributed by atoms with Crippen molar-refractivity contribution in [2.75, 3.05) is 11.8 Å². The maximum atomic E-state index is 11.7. The molecule has 22 heavy (non-hydrogen) atoms. The fraction of sp³-hybridized carbons (Fsp3) is 0.125. The monoisotopic (exact) mass is 352 g/mol. The average molecular weight is 353 g/mol. The van der Waals surface area contributed by atoms with Crippen molar-refractivity contribution in [3.63, 3.8) is 0 Å². The Labute approximate surface area is 141 Å². The fourth-order valence-electron chi connectivity index (χ4n) is 2.08. The molecule has 0 saturated heterocycles. The zero-order chi connectivity index (χ0) is 15.7. The van der Waals surface area contributed by atoms with Gasteiger partial charge in [-0.25, -0.2) is 0 Å². The summed E-state index contributed by atoms with van der Waals surface area (Å²) in [6.07, 6.45) is 0. The first-order chi connectivity index (χ1) is 10.6. The van der Waals surface area contributed by atoms with Gasteiger partial charge in [0.25, 0.3) is 0 Å². The quantitative estimate of drug-likeness (QED) is 0.500. The Bertz CT molecular complexity index is 710. The molecule has 0 spiro atoms. The van der Waals surface area contributed by atoms with Gasteiger partial charge in [-0.05, 0) is 36.4 Å². The molecule has 0 bridgehead atoms. The molecule has 1 aliphatic heterocycles. The number of carbonyl (C=O) groups excluding carboxylic acids is 2. The number of rotatable bonds is 4. The van der Waals surface area contributed by atoms with Gasteiger partial charge in [-0.1, -0.05) is 11.8 Å². The summed E-state index contributed by atoms with van der Waals surface area (Å²) < 4.78 is 5.80. The van der Waals surface area contributed by atoms with Crippen molar-refractivity contribution in [1.29, 1.82) is 0 Å². The molecule has 0 unspecified atom stereocenters. The van der Waals surface area contributed by atoms with Crippen LogP contribution in [-0.2, 0) is 0 Å². The molecule has 1 heterocycles. The molecule has 0 aromatic heterocycles. The van der Waals surface area contributed by atoms with E-state index < -0.39 is 0 Å². The fourth-order valence-corrected chi connectivity index (χ4v) is 3.42. The van der Waals surface area contributed by atoms with Gasteiger partial charge in [-0.3, -0.25) is 9.59 Å². The SMILES string of the molecule is O=C(CCl)c1ccc2c(c1)Sc1cc(C(=O)CCl)ccc1O2. The number of ketones is 2. The van der Waals surface area contributed by atoms with Crippen LogP contribution in [0.3, 0.4) is 0 Å². The molecule has 0 fully saturated rings. The third kappa shape index (κ3) is 2.86. The standard InChI is InChI=1S/C16H10Cl2O3S/c17-7-11(19)9-1-3-13-15(5-9)22-16-6-10(12(20)8-18)2-4-14(16)21-13/h1-6H,7-8H2. The van der Waals surface area contributed by atoms with Gasteiger partial charge in [-0.15, -0.1) is 23.2 Å². The van der Waals surface area contributed by atoms with Gasteiger partial charge in [0.2, 0.25) is 0 Å². The van der Waals surface area contributed by atoms with Crippen molar-refractivity contribution >= 4 is 46.5 Å². The molecular weight excluding hydrogens is 343 g/mol. The van der Waals surface area contributed by atoms with Gasteiger partial charge < -0.3 is 4.74 Å². The highest BCUT2D eigenvalue weighted by Gasteiger charge is 2.20. The lowest BCUT2D eigenvalue weighted by Crippen LogP contribution is -2.04. The van der Waals surface area contributed by atoms with Crippen molar-refractivity contribution < 1.29 is 14.3 Å². The lowest BCUT2D eigenvalue weighted by Gasteiger charge is -2.20. The van der Waals surface area contributed by atoms with Crippen molar-refractivity contribution in [2.45, 2.75) is 9.79 Å². The Hall–Kier alpha value is -1.49. The van der Waals surface area contributed by atoms with Crippen molar-refractivity contribution in [3.05, 3.63) is 47.5 Å². The zero-order valence-corrected chi connectivity index (χ0v) is 13.6. The molecule has 2 aromatic rings. The third-order valence-electron chi connectivity index (χ3n) is 3.21. The summed E-state index contributed by atoms with van der Waals surface area (Å²) in [6.45, 7) is 0. The Morgan fingerprint density at radius 2 is 1.32 bits per heavy atom. The van der Waals surface area contributed by atoms with Gasteiger partial charge in [-0.2, -0.15) is 0 Å². The first-order valence-corrected chi connectivity index (χ1v) is 8.33. The van der Waals surface area contributed by atoms with E-state index in [1.165, 1.54) is 11.8 Å². The van der Waals surface area contributed by atoms with Crippen LogP contribution < -0.4 is 4.74 Å². The number of fused-ring (bicyclic) bond motifs is 2. The highest BCUT2D eigenvalue weighted by atomic mass is 35.5. The molecule has 0 atom stereocenters. The van der Waals surface area contributed by atoms with Crippen LogP contribution in [0, 0.1) is 0 Å². The van der Waals surface area contributed by atoms with E-state index in [0.29, 0.717) is 22.6 Å². The highest BCUT2D eigenvalue weighted by molar-refractivity contribution is 7.99. The molecule has 0 radical (unpaired) electrons. The molecule has 6 heteroatoms. The summed E-state index contributed by atoms with van der Waals surface area (Å²) in [5, 5.41) is 0. The maximum Gasteiger partial charge on any atom is 0.177 e. The van der Waals surface area contributed by atoms with Gasteiger partial charge >= 0.3 is 0 Å². The van der Waals surface area contributed by atoms with E-state index in [4.69, 9.17) is 27.9 Å². The average Bonchev–Trinajstić information content (AvgIpc) is 2.57. The van der Waals surface area contributed by atoms with E-state index in [-0.39, 0.29) is 23.3 Å². The first kappa shape index (κ1) is 15.4. The lowest BCUT2D eigenvalue weighted by atomic mass is 10.1. The Kier molecular flexibility index (Phi) is 4.43. The summed E-state index contributed by atoms with van der Waals surface area (Å²) in [6, 6.07) is 10.4. The summed E-state index contributed by atoms with van der Waals surface area (Å²) >= 11 is 12.6. The number of hydrogen-bond donors (Lipinski definition) is 0. The molecule has 112 valence electrons. The van der Waals surface area contributed by atoms with E-state index in [2.05, 4.69) is 0 Å². The van der Waals surface area contributed by atoms with Crippen LogP contribution in [0.25, 0.3) is 0 Å². The highest BCUT2D eigenvalue weighted by Crippen LogP contribution is 2.47. The van der Waals surface area contributed by atoms with E-state index in [1.807, 2.05) is 0 Å². The number of hydrogen-bond acceptors (Lipinski definition) is 4. The third-order valence-corrected chi connectivity index (χ3v) is 4.78. The topological polar surface area (TPSA) is 43.4 Å². The second kappa shape index (κ2) is 6.32. The molecule has 0 aliphatic carbocycles. The summed E-state index contributed by atoms with van der Waals surface area (Å²) in [5.41, 5.74) is 1.09. The van der Waals surface area contributed by atoms with Gasteiger partial charge in [0.05, 0.1) is 21.6 Å². The molecule has 0 N–H and O–H groups in total. The number of ether oxygens (including phenoxy) is 1. The second-order valence-corrected chi connectivity index (χ2v) is 6.26. The Morgan fingerprint density at radius 3 is 1.73 bits per heavy atom. The largest absolute Gasteiger partial charge is 0.455 e. The number of halogens is 2. The lowest BCUT2D eigenvalue weighted by molar-refractivity contribution is 0.101. The predicted octanol–water partition coefficient (Wildman–Crippen LogP) is 4.79. The molecule has 3 rings (SSSR count). The minimum atomic E-state index is -0.137. The second-order valence-electron chi connectivity index (χ2n) is 4.64. The number of Topliss-reactive ketones (excluding diaryl/α,β-unsaturated/α-hetero) is 2. The normalized spacial score (nSPS) is 12.1. The Morgan fingerprint density at radius 1 is 0.864 bits per heavy atom. The predicted molar refractivity (Wildman–Crippen MR) is 87.2 cm³/mol. The van der Waals surface area contributed by atoms with Crippen LogP contribution in [0.15, 0.2) is 46.2 Å². The molecule has 0 amide bonds. The van der Waals surface area contributed by atoms with Gasteiger partial charge in [0.15, 0.2) is 11.6 Å². The summed E-state index contributed by atoms with van der Waals surface area (Å²) in [4.78, 5) is 25.0. The number of alkyl halides is 2. The first-order valence-electron chi connectivity index (χ1n) is 6.44. The van der Waals surface area contributed by atoms with E-state index in [1.54, 1.807) is 36.4 Å². The summed E-state index contributed by atoms with van der Waals surface area (Å²) in [5.74, 6) is 0.966. The van der Waals surface area contributed by atoms with Gasteiger partial charge in [0, 0.05) is 11.1 Å². The maximum absolute atomic E-state index is 11.7. The van der Waals surface area contributed by atoms with E-state index in [9.17, 15) is 9.59 Å². The van der Waals surface area contributed by atoms with Crippen molar-refractivity contribution in [3.8, 4) is 11.5 Å². The van der Waals surface area contributed by atoms with Crippen LogP contribution in [0.1, 0.15) is 20.7 Å². The number of carbonyl (C=O) groups is 2. The van der Waals surface area contributed by atoms with Crippen molar-refractivity contribution in [1.82, 2.24) is 0 Å². The van der Waals surface area contributed by atoms with Crippen LogP contribution in [0.4, 0.5) is 0 Å². The molecule has 1 aliphatic rings. The molecule has 0 saturated carbocycles. The van der Waals surface area contributed by atoms with Gasteiger partial charge in [0.1, 0.15) is 11.5 Å². The summed E-state index contributed by atoms with van der Waals surface area (Å²) in [7, 11) is 0. The Balaban J connectivity index is 1.96. The van der Waals surface area contributed by atoms with E-state index in [0.717, 1.165) is 9.79 Å². The van der Waals surface area contributed by atoms with Crippen molar-refractivity contribution in [2.24, 2.45) is 0 Å². The van der Waals surface area contributed by atoms with Crippen LogP contribution >= 0.6 is 35.0 Å². The number of benzene rings is 2. The minimum Gasteiger partial charge on any atom is -0.455 e. The van der Waals surface area contributed by atoms with Crippen LogP contribution in [0.2, 0.25) is 0 Å². The molecule has 2 aromatic carbocycles. The van der Waals surface area contributed by atoms with Crippen LogP contribution in [-0.4, -0.2) is 23.3 Å².